The largest absolute Gasteiger partial charge is 0.481 e. The molecule has 1 atom stereocenters. The van der Waals surface area contributed by atoms with Crippen molar-refractivity contribution in [2.24, 2.45) is 0 Å². The molecule has 3 N–H and O–H groups in total. The molecule has 0 aromatic rings. The van der Waals surface area contributed by atoms with Crippen molar-refractivity contribution in [3.05, 3.63) is 0 Å². The Morgan fingerprint density at radius 2 is 1.90 bits per heavy atom. The lowest BCUT2D eigenvalue weighted by molar-refractivity contribution is -0.139. The highest BCUT2D eigenvalue weighted by molar-refractivity contribution is 7.84. The van der Waals surface area contributed by atoms with E-state index in [1.54, 1.807) is 6.26 Å². The van der Waals surface area contributed by atoms with Crippen molar-refractivity contribution in [1.82, 2.24) is 10.6 Å². The number of urea groups is 1. The van der Waals surface area contributed by atoms with Crippen molar-refractivity contribution in [3.8, 4) is 0 Å². The monoisotopic (exact) mass is 304 g/mol. The highest BCUT2D eigenvalue weighted by Crippen LogP contribution is 2.31. The molecule has 0 radical (unpaired) electrons. The molecule has 7 heteroatoms. The standard InChI is InChI=1S/C13H24N2O4S/c1-20(19)9-5-8-14-12(18)15-13(10-11(16)17)6-3-2-4-7-13/h2-10H2,1H3,(H,16,17)(H2,14,15,18). The Hall–Kier alpha value is -1.11. The number of nitrogens with one attached hydrogen (secondary N) is 2. The van der Waals surface area contributed by atoms with Gasteiger partial charge in [0, 0.05) is 29.4 Å². The van der Waals surface area contributed by atoms with E-state index in [0.717, 1.165) is 19.3 Å². The molecule has 1 unspecified atom stereocenters. The zero-order chi connectivity index (χ0) is 15.0. The number of carboxylic acids is 1. The molecular formula is C13H24N2O4S. The summed E-state index contributed by atoms with van der Waals surface area (Å²) >= 11 is 0. The highest BCUT2D eigenvalue weighted by Gasteiger charge is 2.35. The minimum atomic E-state index is -0.881. The summed E-state index contributed by atoms with van der Waals surface area (Å²) in [6, 6.07) is -0.324. The van der Waals surface area contributed by atoms with E-state index >= 15 is 0 Å². The van der Waals surface area contributed by atoms with Crippen LogP contribution in [-0.2, 0) is 15.6 Å². The van der Waals surface area contributed by atoms with Crippen molar-refractivity contribution in [1.29, 1.82) is 0 Å². The molecule has 1 fully saturated rings. The third-order valence-corrected chi connectivity index (χ3v) is 4.44. The number of carbonyl (C=O) groups is 2. The van der Waals surface area contributed by atoms with Gasteiger partial charge in [0.1, 0.15) is 0 Å². The van der Waals surface area contributed by atoms with Gasteiger partial charge in [0.15, 0.2) is 0 Å². The number of carboxylic acid groups (broad SMARTS) is 1. The van der Waals surface area contributed by atoms with E-state index in [2.05, 4.69) is 10.6 Å². The van der Waals surface area contributed by atoms with E-state index in [9.17, 15) is 13.8 Å². The summed E-state index contributed by atoms with van der Waals surface area (Å²) in [7, 11) is -0.852. The van der Waals surface area contributed by atoms with Gasteiger partial charge in [0.05, 0.1) is 12.0 Å². The molecular weight excluding hydrogens is 280 g/mol. The summed E-state index contributed by atoms with van der Waals surface area (Å²) in [6.07, 6.45) is 6.67. The van der Waals surface area contributed by atoms with Crippen molar-refractivity contribution in [3.63, 3.8) is 0 Å². The predicted octanol–water partition coefficient (Wildman–Crippen LogP) is 1.23. The highest BCUT2D eigenvalue weighted by atomic mass is 32.2. The number of rotatable bonds is 7. The molecule has 116 valence electrons. The SMILES string of the molecule is CS(=O)CCCNC(=O)NC1(CC(=O)O)CCCCC1. The van der Waals surface area contributed by atoms with Crippen LogP contribution in [0, 0.1) is 0 Å². The first-order valence-electron chi connectivity index (χ1n) is 7.01. The molecule has 0 aliphatic heterocycles. The van der Waals surface area contributed by atoms with Crippen molar-refractivity contribution >= 4 is 22.8 Å². The van der Waals surface area contributed by atoms with Crippen LogP contribution in [0.1, 0.15) is 44.9 Å². The quantitative estimate of drug-likeness (QED) is 0.616. The molecule has 0 saturated heterocycles. The molecule has 1 aliphatic rings. The Kier molecular flexibility index (Phi) is 6.98. The summed E-state index contributed by atoms with van der Waals surface area (Å²) in [5.41, 5.74) is -0.609. The third-order valence-electron chi connectivity index (χ3n) is 3.57. The summed E-state index contributed by atoms with van der Waals surface area (Å²) in [5, 5.41) is 14.6. The van der Waals surface area contributed by atoms with Crippen LogP contribution in [0.25, 0.3) is 0 Å². The first-order chi connectivity index (χ1) is 9.43. The Labute approximate surface area is 122 Å². The average molecular weight is 304 g/mol. The van der Waals surface area contributed by atoms with Gasteiger partial charge in [-0.2, -0.15) is 0 Å². The number of amides is 2. The fraction of sp³-hybridized carbons (Fsp3) is 0.846. The number of hydrogen-bond donors (Lipinski definition) is 3. The minimum Gasteiger partial charge on any atom is -0.481 e. The van der Waals surface area contributed by atoms with Crippen LogP contribution in [0.15, 0.2) is 0 Å². The number of aliphatic carboxylic acids is 1. The fourth-order valence-corrected chi connectivity index (χ4v) is 3.18. The van der Waals surface area contributed by atoms with E-state index < -0.39 is 22.3 Å². The predicted molar refractivity (Wildman–Crippen MR) is 78.2 cm³/mol. The van der Waals surface area contributed by atoms with E-state index in [1.807, 2.05) is 0 Å². The van der Waals surface area contributed by atoms with Gasteiger partial charge in [0.25, 0.3) is 0 Å². The molecule has 0 heterocycles. The molecule has 1 aliphatic carbocycles. The molecule has 0 aromatic heterocycles. The Morgan fingerprint density at radius 3 is 2.45 bits per heavy atom. The van der Waals surface area contributed by atoms with Gasteiger partial charge in [-0.05, 0) is 19.3 Å². The van der Waals surface area contributed by atoms with Crippen molar-refractivity contribution in [2.45, 2.75) is 50.5 Å². The maximum Gasteiger partial charge on any atom is 0.315 e. The van der Waals surface area contributed by atoms with E-state index in [-0.39, 0.29) is 12.5 Å². The number of hydrogen-bond acceptors (Lipinski definition) is 3. The van der Waals surface area contributed by atoms with E-state index in [1.165, 1.54) is 0 Å². The molecule has 1 saturated carbocycles. The van der Waals surface area contributed by atoms with Crippen molar-refractivity contribution < 1.29 is 18.9 Å². The van der Waals surface area contributed by atoms with Gasteiger partial charge in [-0.25, -0.2) is 4.79 Å². The minimum absolute atomic E-state index is 0.0284. The first-order valence-corrected chi connectivity index (χ1v) is 8.74. The maximum atomic E-state index is 11.9. The first kappa shape index (κ1) is 16.9. The smallest absolute Gasteiger partial charge is 0.315 e. The number of carbonyl (C=O) groups excluding carboxylic acids is 1. The van der Waals surface area contributed by atoms with Gasteiger partial charge in [-0.1, -0.05) is 19.3 Å². The van der Waals surface area contributed by atoms with E-state index in [0.29, 0.717) is 31.6 Å². The summed E-state index contributed by atoms with van der Waals surface area (Å²) < 4.78 is 10.9. The maximum absolute atomic E-state index is 11.9. The van der Waals surface area contributed by atoms with Crippen LogP contribution in [0.2, 0.25) is 0 Å². The molecule has 1 rings (SSSR count). The van der Waals surface area contributed by atoms with Crippen LogP contribution in [0.5, 0.6) is 0 Å². The van der Waals surface area contributed by atoms with Crippen LogP contribution in [0.4, 0.5) is 4.79 Å². The van der Waals surface area contributed by atoms with Crippen LogP contribution in [-0.4, -0.2) is 45.4 Å². The molecule has 0 spiro atoms. The zero-order valence-electron chi connectivity index (χ0n) is 11.9. The second kappa shape index (κ2) is 8.24. The fourth-order valence-electron chi connectivity index (χ4n) is 2.63. The normalized spacial score (nSPS) is 19.1. The molecule has 0 bridgehead atoms. The van der Waals surface area contributed by atoms with Crippen LogP contribution in [0.3, 0.4) is 0 Å². The lowest BCUT2D eigenvalue weighted by atomic mass is 9.79. The van der Waals surface area contributed by atoms with Gasteiger partial charge < -0.3 is 15.7 Å². The van der Waals surface area contributed by atoms with Crippen LogP contribution < -0.4 is 10.6 Å². The van der Waals surface area contributed by atoms with Gasteiger partial charge in [0.2, 0.25) is 0 Å². The average Bonchev–Trinajstić information content (AvgIpc) is 2.34. The summed E-state index contributed by atoms with van der Waals surface area (Å²) in [6.45, 7) is 0.453. The Bertz CT molecular complexity index is 367. The van der Waals surface area contributed by atoms with Gasteiger partial charge >= 0.3 is 12.0 Å². The van der Waals surface area contributed by atoms with Gasteiger partial charge in [-0.3, -0.25) is 9.00 Å². The van der Waals surface area contributed by atoms with E-state index in [4.69, 9.17) is 5.11 Å². The topological polar surface area (TPSA) is 95.5 Å². The van der Waals surface area contributed by atoms with Gasteiger partial charge in [-0.15, -0.1) is 0 Å². The third kappa shape index (κ3) is 6.36. The lowest BCUT2D eigenvalue weighted by Crippen LogP contribution is -2.54. The summed E-state index contributed by atoms with van der Waals surface area (Å²) in [4.78, 5) is 22.8. The Balaban J connectivity index is 2.41. The molecule has 0 aromatic carbocycles. The zero-order valence-corrected chi connectivity index (χ0v) is 12.8. The molecule has 20 heavy (non-hydrogen) atoms. The summed E-state index contributed by atoms with van der Waals surface area (Å²) in [5.74, 6) is -0.325. The molecule has 6 nitrogen and oxygen atoms in total. The lowest BCUT2D eigenvalue weighted by Gasteiger charge is -2.36. The second-order valence-corrected chi connectivity index (χ2v) is 6.98. The van der Waals surface area contributed by atoms with Crippen LogP contribution >= 0.6 is 0 Å². The van der Waals surface area contributed by atoms with Crippen molar-refractivity contribution in [2.75, 3.05) is 18.6 Å². The molecule has 2 amide bonds. The second-order valence-electron chi connectivity index (χ2n) is 5.42. The Morgan fingerprint density at radius 1 is 1.25 bits per heavy atom.